The molecular weight excluding hydrogens is 258 g/mol. The first kappa shape index (κ1) is 13.3. The van der Waals surface area contributed by atoms with Gasteiger partial charge in [-0.25, -0.2) is 14.8 Å². The highest BCUT2D eigenvalue weighted by Crippen LogP contribution is 2.57. The first-order valence-corrected chi connectivity index (χ1v) is 7.09. The normalized spacial score (nSPS) is 26.6. The topological polar surface area (TPSA) is 84.3 Å². The molecule has 1 aromatic rings. The molecular formula is C14H19N3O3. The number of nitrogens with one attached hydrogen (secondary N) is 1. The molecule has 2 atom stereocenters. The molecule has 6 nitrogen and oxygen atoms in total. The molecule has 2 N–H and O–H groups in total. The number of aromatic nitrogens is 2. The van der Waals surface area contributed by atoms with E-state index >= 15 is 0 Å². The highest BCUT2D eigenvalue weighted by atomic mass is 16.5. The Morgan fingerprint density at radius 3 is 2.80 bits per heavy atom. The SMILES string of the molecule is CCOC1CC(Nc2cnc(C(=O)O)cn2)C12CCC2. The van der Waals surface area contributed by atoms with Crippen molar-refractivity contribution in [3.05, 3.63) is 18.1 Å². The van der Waals surface area contributed by atoms with Crippen molar-refractivity contribution in [2.24, 2.45) is 5.41 Å². The van der Waals surface area contributed by atoms with Crippen LogP contribution >= 0.6 is 0 Å². The zero-order chi connectivity index (χ0) is 14.2. The molecule has 6 heteroatoms. The summed E-state index contributed by atoms with van der Waals surface area (Å²) in [5.74, 6) is -0.416. The molecule has 0 aliphatic heterocycles. The first-order chi connectivity index (χ1) is 9.65. The number of anilines is 1. The van der Waals surface area contributed by atoms with Gasteiger partial charge in [-0.15, -0.1) is 0 Å². The van der Waals surface area contributed by atoms with E-state index in [9.17, 15) is 4.79 Å². The van der Waals surface area contributed by atoms with Gasteiger partial charge in [-0.2, -0.15) is 0 Å². The zero-order valence-corrected chi connectivity index (χ0v) is 11.5. The van der Waals surface area contributed by atoms with Gasteiger partial charge in [0.2, 0.25) is 0 Å². The molecule has 108 valence electrons. The highest BCUT2D eigenvalue weighted by Gasteiger charge is 2.59. The van der Waals surface area contributed by atoms with E-state index in [1.807, 2.05) is 6.92 Å². The maximum Gasteiger partial charge on any atom is 0.356 e. The molecule has 0 aromatic carbocycles. The number of nitrogens with zero attached hydrogens (tertiary/aromatic N) is 2. The minimum absolute atomic E-state index is 0.0327. The molecule has 1 aromatic heterocycles. The van der Waals surface area contributed by atoms with Gasteiger partial charge in [0.15, 0.2) is 5.69 Å². The number of aromatic carboxylic acids is 1. The quantitative estimate of drug-likeness (QED) is 0.855. The number of hydrogen-bond acceptors (Lipinski definition) is 5. The third kappa shape index (κ3) is 2.04. The predicted octanol–water partition coefficient (Wildman–Crippen LogP) is 1.93. The lowest BCUT2D eigenvalue weighted by Gasteiger charge is -2.61. The van der Waals surface area contributed by atoms with Crippen molar-refractivity contribution in [3.8, 4) is 0 Å². The summed E-state index contributed by atoms with van der Waals surface area (Å²) in [4.78, 5) is 18.7. The van der Waals surface area contributed by atoms with Crippen LogP contribution in [0.1, 0.15) is 43.1 Å². The molecule has 2 aliphatic rings. The average Bonchev–Trinajstić information content (AvgIpc) is 2.36. The van der Waals surface area contributed by atoms with Gasteiger partial charge in [0.1, 0.15) is 5.82 Å². The Balaban J connectivity index is 1.65. The molecule has 0 saturated heterocycles. The van der Waals surface area contributed by atoms with E-state index in [1.165, 1.54) is 31.7 Å². The van der Waals surface area contributed by atoms with E-state index in [1.54, 1.807) is 0 Å². The Bertz CT molecular complexity index is 499. The summed E-state index contributed by atoms with van der Waals surface area (Å²) in [5.41, 5.74) is 0.220. The van der Waals surface area contributed by atoms with Gasteiger partial charge in [0, 0.05) is 18.1 Å². The van der Waals surface area contributed by atoms with Crippen molar-refractivity contribution in [3.63, 3.8) is 0 Å². The van der Waals surface area contributed by atoms with E-state index in [-0.39, 0.29) is 11.1 Å². The monoisotopic (exact) mass is 277 g/mol. The predicted molar refractivity (Wildman–Crippen MR) is 72.7 cm³/mol. The van der Waals surface area contributed by atoms with Crippen molar-refractivity contribution in [2.45, 2.75) is 44.8 Å². The van der Waals surface area contributed by atoms with Crippen molar-refractivity contribution in [1.29, 1.82) is 0 Å². The minimum atomic E-state index is -1.06. The smallest absolute Gasteiger partial charge is 0.356 e. The van der Waals surface area contributed by atoms with Crippen molar-refractivity contribution >= 4 is 11.8 Å². The molecule has 0 amide bonds. The fourth-order valence-corrected chi connectivity index (χ4v) is 3.33. The summed E-state index contributed by atoms with van der Waals surface area (Å²) in [7, 11) is 0. The Kier molecular flexibility index (Phi) is 3.33. The van der Waals surface area contributed by atoms with Gasteiger partial charge < -0.3 is 15.2 Å². The van der Waals surface area contributed by atoms with Crippen LogP contribution in [0.2, 0.25) is 0 Å². The maximum absolute atomic E-state index is 10.7. The molecule has 20 heavy (non-hydrogen) atoms. The molecule has 2 aliphatic carbocycles. The Labute approximate surface area is 117 Å². The third-order valence-corrected chi connectivity index (χ3v) is 4.63. The summed E-state index contributed by atoms with van der Waals surface area (Å²) in [5, 5.41) is 12.2. The lowest BCUT2D eigenvalue weighted by atomic mass is 9.51. The lowest BCUT2D eigenvalue weighted by Crippen LogP contribution is -2.64. The van der Waals surface area contributed by atoms with Gasteiger partial charge in [-0.1, -0.05) is 6.42 Å². The second kappa shape index (κ2) is 5.01. The van der Waals surface area contributed by atoms with Crippen LogP contribution in [0.5, 0.6) is 0 Å². The van der Waals surface area contributed by atoms with Gasteiger partial charge in [0.25, 0.3) is 0 Å². The summed E-state index contributed by atoms with van der Waals surface area (Å²) in [6.07, 6.45) is 7.75. The van der Waals surface area contributed by atoms with Crippen molar-refractivity contribution < 1.29 is 14.6 Å². The zero-order valence-electron chi connectivity index (χ0n) is 11.5. The Morgan fingerprint density at radius 1 is 1.50 bits per heavy atom. The lowest BCUT2D eigenvalue weighted by molar-refractivity contribution is -0.157. The highest BCUT2D eigenvalue weighted by molar-refractivity contribution is 5.84. The second-order valence-electron chi connectivity index (χ2n) is 5.56. The Morgan fingerprint density at radius 2 is 2.30 bits per heavy atom. The maximum atomic E-state index is 10.7. The number of carbonyl (C=O) groups is 1. The van der Waals surface area contributed by atoms with Gasteiger partial charge >= 0.3 is 5.97 Å². The number of carboxylic acids is 1. The molecule has 2 saturated carbocycles. The van der Waals surface area contributed by atoms with Crippen LogP contribution in [0.3, 0.4) is 0 Å². The summed E-state index contributed by atoms with van der Waals surface area (Å²) in [6, 6.07) is 0.359. The van der Waals surface area contributed by atoms with Crippen LogP contribution in [0.4, 0.5) is 5.82 Å². The van der Waals surface area contributed by atoms with E-state index in [4.69, 9.17) is 9.84 Å². The van der Waals surface area contributed by atoms with E-state index in [0.29, 0.717) is 18.0 Å². The van der Waals surface area contributed by atoms with Crippen LogP contribution in [-0.2, 0) is 4.74 Å². The molecule has 0 bridgehead atoms. The average molecular weight is 277 g/mol. The molecule has 0 radical (unpaired) electrons. The van der Waals surface area contributed by atoms with Gasteiger partial charge in [-0.05, 0) is 26.2 Å². The van der Waals surface area contributed by atoms with Crippen molar-refractivity contribution in [1.82, 2.24) is 9.97 Å². The Hall–Kier alpha value is -1.69. The standard InChI is InChI=1S/C14H19N3O3/c1-2-20-11-6-10(14(11)4-3-5-14)17-12-8-15-9(7-16-12)13(18)19/h7-8,10-11H,2-6H2,1H3,(H,16,17)(H,18,19). The fourth-order valence-electron chi connectivity index (χ4n) is 3.33. The number of ether oxygens (including phenoxy) is 1. The van der Waals surface area contributed by atoms with Gasteiger partial charge in [-0.3, -0.25) is 0 Å². The summed E-state index contributed by atoms with van der Waals surface area (Å²) >= 11 is 0. The van der Waals surface area contributed by atoms with Crippen LogP contribution in [0, 0.1) is 5.41 Å². The van der Waals surface area contributed by atoms with Crippen molar-refractivity contribution in [2.75, 3.05) is 11.9 Å². The van der Waals surface area contributed by atoms with Crippen LogP contribution in [-0.4, -0.2) is 39.8 Å². The number of rotatable bonds is 5. The minimum Gasteiger partial charge on any atom is -0.476 e. The largest absolute Gasteiger partial charge is 0.476 e. The molecule has 3 rings (SSSR count). The molecule has 1 heterocycles. The number of hydrogen-bond donors (Lipinski definition) is 2. The second-order valence-corrected chi connectivity index (χ2v) is 5.56. The summed E-state index contributed by atoms with van der Waals surface area (Å²) < 4.78 is 5.80. The van der Waals surface area contributed by atoms with Gasteiger partial charge in [0.05, 0.1) is 18.5 Å². The van der Waals surface area contributed by atoms with E-state index in [0.717, 1.165) is 13.0 Å². The van der Waals surface area contributed by atoms with E-state index < -0.39 is 5.97 Å². The molecule has 2 fully saturated rings. The van der Waals surface area contributed by atoms with E-state index in [2.05, 4.69) is 15.3 Å². The number of carboxylic acid groups (broad SMARTS) is 1. The third-order valence-electron chi connectivity index (χ3n) is 4.63. The fraction of sp³-hybridized carbons (Fsp3) is 0.643. The molecule has 1 spiro atoms. The first-order valence-electron chi connectivity index (χ1n) is 7.09. The summed E-state index contributed by atoms with van der Waals surface area (Å²) in [6.45, 7) is 2.79. The van der Waals surface area contributed by atoms with Crippen LogP contribution in [0.25, 0.3) is 0 Å². The van der Waals surface area contributed by atoms with Crippen LogP contribution < -0.4 is 5.32 Å². The van der Waals surface area contributed by atoms with Crippen LogP contribution in [0.15, 0.2) is 12.4 Å². The molecule has 2 unspecified atom stereocenters.